The van der Waals surface area contributed by atoms with Crippen LogP contribution < -0.4 is 0 Å². The second-order valence-corrected chi connectivity index (χ2v) is 6.27. The zero-order chi connectivity index (χ0) is 14.0. The highest BCUT2D eigenvalue weighted by atomic mass is 19.1. The van der Waals surface area contributed by atoms with Crippen LogP contribution in [-0.2, 0) is 9.53 Å². The van der Waals surface area contributed by atoms with Gasteiger partial charge in [-0.1, -0.05) is 33.6 Å². The summed E-state index contributed by atoms with van der Waals surface area (Å²) in [5.74, 6) is -1.16. The number of aliphatic hydroxyl groups is 1. The standard InChI is InChI=1S/C14H25FO3/c1-5-18-12(16)11(15)14(17)9-7-6-8-10(14)13(2,3)4/h10-11,17H,5-9H2,1-4H3. The van der Waals surface area contributed by atoms with Gasteiger partial charge in [-0.3, -0.25) is 0 Å². The Balaban J connectivity index is 2.94. The molecular weight excluding hydrogens is 235 g/mol. The van der Waals surface area contributed by atoms with E-state index in [9.17, 15) is 14.3 Å². The molecule has 3 nitrogen and oxygen atoms in total. The molecule has 1 aliphatic rings. The van der Waals surface area contributed by atoms with Crippen molar-refractivity contribution in [2.75, 3.05) is 6.61 Å². The lowest BCUT2D eigenvalue weighted by Gasteiger charge is -2.47. The molecule has 0 heterocycles. The average Bonchev–Trinajstić information content (AvgIpc) is 2.27. The van der Waals surface area contributed by atoms with Gasteiger partial charge >= 0.3 is 5.97 Å². The summed E-state index contributed by atoms with van der Waals surface area (Å²) in [6.07, 6.45) is 0.860. The van der Waals surface area contributed by atoms with Crippen molar-refractivity contribution in [2.24, 2.45) is 11.3 Å². The van der Waals surface area contributed by atoms with Crippen LogP contribution in [0.2, 0.25) is 0 Å². The van der Waals surface area contributed by atoms with Crippen molar-refractivity contribution >= 4 is 5.97 Å². The van der Waals surface area contributed by atoms with E-state index in [0.29, 0.717) is 6.42 Å². The van der Waals surface area contributed by atoms with Gasteiger partial charge in [0.15, 0.2) is 0 Å². The van der Waals surface area contributed by atoms with Gasteiger partial charge in [0.05, 0.1) is 6.61 Å². The Bertz CT molecular complexity index is 298. The predicted octanol–water partition coefficient (Wildman–Crippen LogP) is 2.86. The number of halogens is 1. The van der Waals surface area contributed by atoms with Gasteiger partial charge in [-0.25, -0.2) is 9.18 Å². The van der Waals surface area contributed by atoms with Gasteiger partial charge in [0.25, 0.3) is 0 Å². The van der Waals surface area contributed by atoms with E-state index in [2.05, 4.69) is 0 Å². The Morgan fingerprint density at radius 3 is 2.61 bits per heavy atom. The van der Waals surface area contributed by atoms with Crippen molar-refractivity contribution in [3.05, 3.63) is 0 Å². The first-order valence-electron chi connectivity index (χ1n) is 6.76. The fourth-order valence-corrected chi connectivity index (χ4v) is 3.09. The molecule has 0 aromatic rings. The molecule has 1 fully saturated rings. The maximum Gasteiger partial charge on any atom is 0.343 e. The van der Waals surface area contributed by atoms with Gasteiger partial charge in [-0.05, 0) is 31.1 Å². The predicted molar refractivity (Wildman–Crippen MR) is 67.9 cm³/mol. The summed E-state index contributed by atoms with van der Waals surface area (Å²) in [6.45, 7) is 7.70. The molecule has 106 valence electrons. The normalized spacial score (nSPS) is 30.9. The van der Waals surface area contributed by atoms with Crippen molar-refractivity contribution < 1.29 is 19.0 Å². The Labute approximate surface area is 109 Å². The van der Waals surface area contributed by atoms with E-state index < -0.39 is 17.7 Å². The van der Waals surface area contributed by atoms with E-state index in [1.165, 1.54) is 0 Å². The number of rotatable bonds is 3. The molecule has 0 aromatic heterocycles. The van der Waals surface area contributed by atoms with Crippen LogP contribution in [0.15, 0.2) is 0 Å². The third-order valence-electron chi connectivity index (χ3n) is 3.90. The van der Waals surface area contributed by atoms with Gasteiger partial charge in [-0.2, -0.15) is 0 Å². The van der Waals surface area contributed by atoms with E-state index in [1.807, 2.05) is 20.8 Å². The summed E-state index contributed by atoms with van der Waals surface area (Å²) in [4.78, 5) is 11.6. The molecule has 0 saturated heterocycles. The number of esters is 1. The summed E-state index contributed by atoms with van der Waals surface area (Å²) >= 11 is 0. The smallest absolute Gasteiger partial charge is 0.343 e. The summed E-state index contributed by atoms with van der Waals surface area (Å²) in [7, 11) is 0. The summed E-state index contributed by atoms with van der Waals surface area (Å²) in [6, 6.07) is 0. The first-order valence-corrected chi connectivity index (χ1v) is 6.76. The molecule has 1 saturated carbocycles. The third kappa shape index (κ3) is 3.02. The van der Waals surface area contributed by atoms with E-state index in [4.69, 9.17) is 4.74 Å². The highest BCUT2D eigenvalue weighted by Crippen LogP contribution is 2.46. The number of hydrogen-bond acceptors (Lipinski definition) is 3. The average molecular weight is 260 g/mol. The zero-order valence-corrected chi connectivity index (χ0v) is 11.8. The lowest BCUT2D eigenvalue weighted by atomic mass is 9.62. The van der Waals surface area contributed by atoms with Crippen molar-refractivity contribution in [1.29, 1.82) is 0 Å². The van der Waals surface area contributed by atoms with Gasteiger partial charge in [0.1, 0.15) is 5.60 Å². The number of ether oxygens (including phenoxy) is 1. The molecule has 0 bridgehead atoms. The quantitative estimate of drug-likeness (QED) is 0.794. The second kappa shape index (κ2) is 5.55. The minimum atomic E-state index is -1.94. The van der Waals surface area contributed by atoms with E-state index >= 15 is 0 Å². The minimum Gasteiger partial charge on any atom is -0.464 e. The number of carbonyl (C=O) groups excluding carboxylic acids is 1. The number of alkyl halides is 1. The Hall–Kier alpha value is -0.640. The van der Waals surface area contributed by atoms with Crippen molar-refractivity contribution in [3.8, 4) is 0 Å². The summed E-state index contributed by atoms with van der Waals surface area (Å²) < 4.78 is 19.0. The molecule has 0 amide bonds. The lowest BCUT2D eigenvalue weighted by Crippen LogP contribution is -2.56. The van der Waals surface area contributed by atoms with Gasteiger partial charge in [0.2, 0.25) is 6.17 Å². The van der Waals surface area contributed by atoms with Gasteiger partial charge in [-0.15, -0.1) is 0 Å². The third-order valence-corrected chi connectivity index (χ3v) is 3.90. The molecule has 0 radical (unpaired) electrons. The van der Waals surface area contributed by atoms with Crippen molar-refractivity contribution in [3.63, 3.8) is 0 Å². The molecule has 3 unspecified atom stereocenters. The van der Waals surface area contributed by atoms with Crippen LogP contribution in [0.4, 0.5) is 4.39 Å². The van der Waals surface area contributed by atoms with Crippen LogP contribution in [0.3, 0.4) is 0 Å². The number of hydrogen-bond donors (Lipinski definition) is 1. The topological polar surface area (TPSA) is 46.5 Å². The van der Waals surface area contributed by atoms with Crippen LogP contribution in [-0.4, -0.2) is 29.5 Å². The van der Waals surface area contributed by atoms with Gasteiger partial charge in [0, 0.05) is 0 Å². The Morgan fingerprint density at radius 1 is 1.50 bits per heavy atom. The van der Waals surface area contributed by atoms with Crippen LogP contribution in [0.25, 0.3) is 0 Å². The molecule has 0 aromatic carbocycles. The number of carbonyl (C=O) groups is 1. The second-order valence-electron chi connectivity index (χ2n) is 6.27. The zero-order valence-electron chi connectivity index (χ0n) is 11.8. The monoisotopic (exact) mass is 260 g/mol. The van der Waals surface area contributed by atoms with Crippen LogP contribution in [0.5, 0.6) is 0 Å². The Morgan fingerprint density at radius 2 is 2.11 bits per heavy atom. The molecule has 1 aliphatic carbocycles. The lowest BCUT2D eigenvalue weighted by molar-refractivity contribution is -0.177. The highest BCUT2D eigenvalue weighted by molar-refractivity contribution is 5.76. The fourth-order valence-electron chi connectivity index (χ4n) is 3.09. The van der Waals surface area contributed by atoms with Crippen LogP contribution in [0, 0.1) is 11.3 Å². The first kappa shape index (κ1) is 15.4. The summed E-state index contributed by atoms with van der Waals surface area (Å²) in [5, 5.41) is 10.7. The Kier molecular flexibility index (Phi) is 4.76. The maximum absolute atomic E-state index is 14.3. The SMILES string of the molecule is CCOC(=O)C(F)C1(O)CCCCC1C(C)(C)C. The highest BCUT2D eigenvalue weighted by Gasteiger charge is 2.53. The van der Waals surface area contributed by atoms with E-state index in [-0.39, 0.29) is 17.9 Å². The molecule has 18 heavy (non-hydrogen) atoms. The molecule has 4 heteroatoms. The first-order chi connectivity index (χ1) is 8.23. The minimum absolute atomic E-state index is 0.134. The maximum atomic E-state index is 14.3. The summed E-state index contributed by atoms with van der Waals surface area (Å²) in [5.41, 5.74) is -1.81. The van der Waals surface area contributed by atoms with Gasteiger partial charge < -0.3 is 9.84 Å². The molecular formula is C14H25FO3. The molecule has 0 spiro atoms. The van der Waals surface area contributed by atoms with E-state index in [0.717, 1.165) is 19.3 Å². The fraction of sp³-hybridized carbons (Fsp3) is 0.929. The van der Waals surface area contributed by atoms with E-state index in [1.54, 1.807) is 6.92 Å². The largest absolute Gasteiger partial charge is 0.464 e. The van der Waals surface area contributed by atoms with Crippen LogP contribution in [0.1, 0.15) is 53.4 Å². The molecule has 1 rings (SSSR count). The van der Waals surface area contributed by atoms with Crippen molar-refractivity contribution in [1.82, 2.24) is 0 Å². The van der Waals surface area contributed by atoms with Crippen LogP contribution >= 0.6 is 0 Å². The molecule has 1 N–H and O–H groups in total. The molecule has 3 atom stereocenters. The molecule has 0 aliphatic heterocycles. The van der Waals surface area contributed by atoms with Crippen molar-refractivity contribution in [2.45, 2.75) is 65.2 Å².